The van der Waals surface area contributed by atoms with E-state index in [0.717, 1.165) is 51.2 Å². The number of carbonyl (C=O) groups is 2. The molecule has 0 unspecified atom stereocenters. The normalized spacial score (nSPS) is 16.6. The monoisotopic (exact) mass is 623 g/mol. The summed E-state index contributed by atoms with van der Waals surface area (Å²) in [5, 5.41) is 3.84. The van der Waals surface area contributed by atoms with Gasteiger partial charge in [0.15, 0.2) is 11.6 Å². The van der Waals surface area contributed by atoms with Crippen LogP contribution >= 0.6 is 34.8 Å². The quantitative estimate of drug-likeness (QED) is 0.369. The lowest BCUT2D eigenvalue weighted by molar-refractivity contribution is 0.0610. The molecule has 3 heterocycles. The standard InChI is InChI=1S/C29H28Cl3F2N5O2.H2/c30-22-3-2-19(14-23(22)31)29(41)39-7-5-21(6-8-39)37-9-11-38(12-10-37)27-24(32)15-20(17-35-27)28(40)36-16-18-1-4-25(33)26(34)13-18;/h1-4,13-15,17,21H,5-12,16H2,(H,36,40);1H. The Kier molecular flexibility index (Phi) is 9.28. The number of rotatable bonds is 6. The maximum absolute atomic E-state index is 13.4. The average molecular weight is 625 g/mol. The topological polar surface area (TPSA) is 68.8 Å². The minimum Gasteiger partial charge on any atom is -0.353 e. The Morgan fingerprint density at radius 3 is 2.22 bits per heavy atom. The Bertz CT molecular complexity index is 1450. The van der Waals surface area contributed by atoms with Crippen molar-refractivity contribution in [3.8, 4) is 0 Å². The van der Waals surface area contributed by atoms with Crippen LogP contribution in [0.1, 0.15) is 40.5 Å². The Labute approximate surface area is 253 Å². The van der Waals surface area contributed by atoms with E-state index in [9.17, 15) is 18.4 Å². The highest BCUT2D eigenvalue weighted by Crippen LogP contribution is 2.28. The first-order valence-corrected chi connectivity index (χ1v) is 14.4. The number of piperidine rings is 1. The average Bonchev–Trinajstić information content (AvgIpc) is 2.99. The van der Waals surface area contributed by atoms with E-state index in [-0.39, 0.29) is 19.4 Å². The van der Waals surface area contributed by atoms with Crippen molar-refractivity contribution in [2.24, 2.45) is 0 Å². The highest BCUT2D eigenvalue weighted by Gasteiger charge is 2.30. The second kappa shape index (κ2) is 12.9. The molecular weight excluding hydrogens is 595 g/mol. The third kappa shape index (κ3) is 6.92. The molecule has 12 heteroatoms. The molecule has 7 nitrogen and oxygen atoms in total. The van der Waals surface area contributed by atoms with Gasteiger partial charge >= 0.3 is 0 Å². The highest BCUT2D eigenvalue weighted by atomic mass is 35.5. The number of hydrogen-bond donors (Lipinski definition) is 1. The first-order valence-electron chi connectivity index (χ1n) is 13.3. The molecule has 2 saturated heterocycles. The van der Waals surface area contributed by atoms with Crippen molar-refractivity contribution in [1.29, 1.82) is 0 Å². The minimum atomic E-state index is -0.966. The second-order valence-electron chi connectivity index (χ2n) is 10.1. The molecule has 0 aliphatic carbocycles. The largest absolute Gasteiger partial charge is 0.353 e. The van der Waals surface area contributed by atoms with Gasteiger partial charge in [-0.25, -0.2) is 13.8 Å². The number of nitrogens with zero attached hydrogens (tertiary/aromatic N) is 4. The number of likely N-dealkylation sites (tertiary alicyclic amines) is 1. The van der Waals surface area contributed by atoms with Crippen LogP contribution in [0.5, 0.6) is 0 Å². The summed E-state index contributed by atoms with van der Waals surface area (Å²) >= 11 is 18.6. The van der Waals surface area contributed by atoms with Crippen LogP contribution in [-0.2, 0) is 6.54 Å². The van der Waals surface area contributed by atoms with Crippen molar-refractivity contribution in [2.45, 2.75) is 25.4 Å². The number of amides is 2. The SMILES string of the molecule is O=C(NCc1ccc(F)c(F)c1)c1cnc(N2CCN(C3CCN(C(=O)c4ccc(Cl)c(Cl)c4)CC3)CC2)c(Cl)c1.[HH]. The van der Waals surface area contributed by atoms with E-state index >= 15 is 0 Å². The van der Waals surface area contributed by atoms with Gasteiger partial charge < -0.3 is 15.1 Å². The number of piperazine rings is 1. The lowest BCUT2D eigenvalue weighted by Gasteiger charge is -2.43. The second-order valence-corrected chi connectivity index (χ2v) is 11.4. The Balaban J connectivity index is 0.00000405. The van der Waals surface area contributed by atoms with Crippen LogP contribution < -0.4 is 10.2 Å². The molecule has 0 radical (unpaired) electrons. The third-order valence-corrected chi connectivity index (χ3v) is 8.59. The van der Waals surface area contributed by atoms with Crippen molar-refractivity contribution in [2.75, 3.05) is 44.2 Å². The molecular formula is C29H30Cl3F2N5O2. The lowest BCUT2D eigenvalue weighted by atomic mass is 10.0. The fourth-order valence-corrected chi connectivity index (χ4v) is 5.85. The number of halogens is 5. The fourth-order valence-electron chi connectivity index (χ4n) is 5.27. The number of carbonyl (C=O) groups excluding carboxylic acids is 2. The Morgan fingerprint density at radius 1 is 0.854 bits per heavy atom. The van der Waals surface area contributed by atoms with Gasteiger partial charge in [0.25, 0.3) is 11.8 Å². The number of aromatic nitrogens is 1. The van der Waals surface area contributed by atoms with E-state index in [1.165, 1.54) is 12.3 Å². The molecule has 0 atom stereocenters. The summed E-state index contributed by atoms with van der Waals surface area (Å²) < 4.78 is 26.5. The van der Waals surface area contributed by atoms with Crippen molar-refractivity contribution >= 4 is 52.4 Å². The van der Waals surface area contributed by atoms with Crippen LogP contribution in [-0.4, -0.2) is 71.9 Å². The van der Waals surface area contributed by atoms with Gasteiger partial charge in [-0.15, -0.1) is 0 Å². The maximum Gasteiger partial charge on any atom is 0.253 e. The van der Waals surface area contributed by atoms with E-state index in [1.807, 2.05) is 4.90 Å². The van der Waals surface area contributed by atoms with Crippen LogP contribution in [0.15, 0.2) is 48.7 Å². The molecule has 2 aliphatic heterocycles. The zero-order valence-corrected chi connectivity index (χ0v) is 24.3. The summed E-state index contributed by atoms with van der Waals surface area (Å²) in [6.45, 7) is 4.53. The molecule has 2 amide bonds. The van der Waals surface area contributed by atoms with Crippen LogP contribution in [0.4, 0.5) is 14.6 Å². The number of nitrogens with one attached hydrogen (secondary N) is 1. The molecule has 2 aromatic carbocycles. The number of pyridine rings is 1. The summed E-state index contributed by atoms with van der Waals surface area (Å²) in [4.78, 5) is 36.3. The zero-order valence-electron chi connectivity index (χ0n) is 22.1. The van der Waals surface area contributed by atoms with Crippen LogP contribution in [0.3, 0.4) is 0 Å². The van der Waals surface area contributed by atoms with E-state index in [0.29, 0.717) is 51.1 Å². The summed E-state index contributed by atoms with van der Waals surface area (Å²) in [6, 6.07) is 10.4. The van der Waals surface area contributed by atoms with Gasteiger partial charge in [0.2, 0.25) is 0 Å². The van der Waals surface area contributed by atoms with Crippen LogP contribution in [0.2, 0.25) is 15.1 Å². The minimum absolute atomic E-state index is 0. The van der Waals surface area contributed by atoms with Gasteiger partial charge in [-0.05, 0) is 54.8 Å². The van der Waals surface area contributed by atoms with Gasteiger partial charge in [0.05, 0.1) is 20.6 Å². The number of anilines is 1. The molecule has 218 valence electrons. The fraction of sp³-hybridized carbons (Fsp3) is 0.345. The van der Waals surface area contributed by atoms with Crippen molar-refractivity contribution < 1.29 is 19.8 Å². The Hall–Kier alpha value is -2.98. The summed E-state index contributed by atoms with van der Waals surface area (Å²) in [7, 11) is 0. The first kappa shape index (κ1) is 29.5. The van der Waals surface area contributed by atoms with Crippen LogP contribution in [0, 0.1) is 11.6 Å². The molecule has 5 rings (SSSR count). The zero-order chi connectivity index (χ0) is 29.1. The van der Waals surface area contributed by atoms with Gasteiger partial charge in [-0.1, -0.05) is 40.9 Å². The molecule has 0 bridgehead atoms. The molecule has 0 spiro atoms. The molecule has 0 saturated carbocycles. The molecule has 2 fully saturated rings. The van der Waals surface area contributed by atoms with Gasteiger partial charge in [-0.2, -0.15) is 0 Å². The van der Waals surface area contributed by atoms with Crippen molar-refractivity contribution in [3.63, 3.8) is 0 Å². The van der Waals surface area contributed by atoms with Crippen LogP contribution in [0.25, 0.3) is 0 Å². The highest BCUT2D eigenvalue weighted by molar-refractivity contribution is 6.42. The lowest BCUT2D eigenvalue weighted by Crippen LogP contribution is -2.54. The summed E-state index contributed by atoms with van der Waals surface area (Å²) in [6.07, 6.45) is 3.25. The number of hydrogen-bond acceptors (Lipinski definition) is 5. The number of benzene rings is 2. The summed E-state index contributed by atoms with van der Waals surface area (Å²) in [5.74, 6) is -1.74. The van der Waals surface area contributed by atoms with E-state index < -0.39 is 17.5 Å². The van der Waals surface area contributed by atoms with Gasteiger partial charge in [-0.3, -0.25) is 14.5 Å². The maximum atomic E-state index is 13.4. The molecule has 41 heavy (non-hydrogen) atoms. The predicted octanol–water partition coefficient (Wildman–Crippen LogP) is 5.92. The molecule has 1 aromatic heterocycles. The summed E-state index contributed by atoms with van der Waals surface area (Å²) in [5.41, 5.74) is 1.26. The smallest absolute Gasteiger partial charge is 0.253 e. The third-order valence-electron chi connectivity index (χ3n) is 7.57. The predicted molar refractivity (Wildman–Crippen MR) is 158 cm³/mol. The van der Waals surface area contributed by atoms with E-state index in [4.69, 9.17) is 34.8 Å². The van der Waals surface area contributed by atoms with E-state index in [2.05, 4.69) is 20.1 Å². The first-order chi connectivity index (χ1) is 19.7. The van der Waals surface area contributed by atoms with Gasteiger partial charge in [0.1, 0.15) is 5.82 Å². The Morgan fingerprint density at radius 2 is 1.56 bits per heavy atom. The van der Waals surface area contributed by atoms with Crippen molar-refractivity contribution in [3.05, 3.63) is 92.1 Å². The molecule has 1 N–H and O–H groups in total. The van der Waals surface area contributed by atoms with Crippen molar-refractivity contribution in [1.82, 2.24) is 20.1 Å². The van der Waals surface area contributed by atoms with E-state index in [1.54, 1.807) is 24.3 Å². The van der Waals surface area contributed by atoms with Gasteiger partial charge in [0, 0.05) is 65.0 Å². The molecule has 3 aromatic rings. The molecule has 2 aliphatic rings.